The molecule has 1 aromatic heterocycles. The molecule has 258 valence electrons. The van der Waals surface area contributed by atoms with Gasteiger partial charge in [-0.2, -0.15) is 0 Å². The maximum atomic E-state index is 12.6. The van der Waals surface area contributed by atoms with Crippen molar-refractivity contribution in [2.24, 2.45) is 0 Å². The number of amides is 3. The molecule has 1 aliphatic rings. The number of ether oxygens (including phenoxy) is 3. The summed E-state index contributed by atoms with van der Waals surface area (Å²) < 4.78 is 18.3. The van der Waals surface area contributed by atoms with Crippen molar-refractivity contribution >= 4 is 18.1 Å². The minimum Gasteiger partial charge on any atom is -1.00 e. The van der Waals surface area contributed by atoms with Crippen LogP contribution in [0.3, 0.4) is 0 Å². The number of aromatic nitrogens is 1. The van der Waals surface area contributed by atoms with Gasteiger partial charge in [0.25, 0.3) is 0 Å². The molecular formula is C35H60IN3O6. The standard InChI is InChI=1S/C35H59N3O6.HI/c1-4-6-7-8-9-10-11-12-13-14-15-16-17-18-19-21-24-36-34(40)42-28-32-26-33(44-32)29-43-35(41)38(30(3)39)27-31-23-20-22-25-37(31)5-2;/h20,22-23,25,32-33H,4-19,21,24,26-29H2,1-3H3;1H/t32-,33+;/m1./s1. The molecule has 0 saturated carbocycles. The zero-order chi connectivity index (χ0) is 31.8. The van der Waals surface area contributed by atoms with Crippen LogP contribution in [0, 0.1) is 0 Å². The SMILES string of the molecule is CCCCCCCCCCCCCCCCCCNC(=O)OC[C@H]1C[C@@H](COC(=O)N(Cc2cccc[n+]2CC)C(C)=O)O1.[I-]. The van der Waals surface area contributed by atoms with Crippen molar-refractivity contribution in [2.75, 3.05) is 19.8 Å². The molecule has 0 aliphatic carbocycles. The molecule has 0 aromatic carbocycles. The van der Waals surface area contributed by atoms with E-state index in [0.717, 1.165) is 30.0 Å². The second-order valence-corrected chi connectivity index (χ2v) is 12.1. The summed E-state index contributed by atoms with van der Waals surface area (Å²) in [5.74, 6) is -0.382. The number of alkyl carbamates (subject to hydrolysis) is 1. The highest BCUT2D eigenvalue weighted by Crippen LogP contribution is 2.21. The Labute approximate surface area is 289 Å². The van der Waals surface area contributed by atoms with Crippen molar-refractivity contribution in [2.45, 2.75) is 155 Å². The first-order chi connectivity index (χ1) is 21.4. The fourth-order valence-electron chi connectivity index (χ4n) is 5.52. The third-order valence-electron chi connectivity index (χ3n) is 8.30. The van der Waals surface area contributed by atoms with Crippen LogP contribution in [0.15, 0.2) is 24.4 Å². The predicted molar refractivity (Wildman–Crippen MR) is 172 cm³/mol. The van der Waals surface area contributed by atoms with E-state index < -0.39 is 12.2 Å². The van der Waals surface area contributed by atoms with E-state index in [-0.39, 0.29) is 61.9 Å². The van der Waals surface area contributed by atoms with Crippen molar-refractivity contribution < 1.29 is 57.1 Å². The largest absolute Gasteiger partial charge is 1.00 e. The number of rotatable bonds is 24. The summed E-state index contributed by atoms with van der Waals surface area (Å²) >= 11 is 0. The summed E-state index contributed by atoms with van der Waals surface area (Å²) in [5.41, 5.74) is 0.840. The third-order valence-corrected chi connectivity index (χ3v) is 8.30. The van der Waals surface area contributed by atoms with Gasteiger partial charge in [0, 0.05) is 32.0 Å². The van der Waals surface area contributed by atoms with E-state index in [1.54, 1.807) is 0 Å². The first-order valence-electron chi connectivity index (χ1n) is 17.4. The Kier molecular flexibility index (Phi) is 23.9. The second kappa shape index (κ2) is 26.2. The van der Waals surface area contributed by atoms with Crippen LogP contribution in [0.5, 0.6) is 0 Å². The van der Waals surface area contributed by atoms with Crippen LogP contribution in [0.25, 0.3) is 0 Å². The van der Waals surface area contributed by atoms with Crippen molar-refractivity contribution in [1.82, 2.24) is 10.2 Å². The minimum absolute atomic E-state index is 0. The van der Waals surface area contributed by atoms with Gasteiger partial charge in [-0.15, -0.1) is 0 Å². The predicted octanol–water partition coefficient (Wildman–Crippen LogP) is 4.63. The van der Waals surface area contributed by atoms with Gasteiger partial charge in [-0.3, -0.25) is 4.79 Å². The molecule has 0 spiro atoms. The van der Waals surface area contributed by atoms with Crippen LogP contribution in [0.4, 0.5) is 9.59 Å². The van der Waals surface area contributed by atoms with Gasteiger partial charge in [-0.25, -0.2) is 19.1 Å². The summed E-state index contributed by atoms with van der Waals surface area (Å²) in [6.07, 6.45) is 22.1. The number of carbonyl (C=O) groups excluding carboxylic acids is 3. The summed E-state index contributed by atoms with van der Waals surface area (Å²) in [6.45, 7) is 7.32. The van der Waals surface area contributed by atoms with Gasteiger partial charge >= 0.3 is 12.2 Å². The van der Waals surface area contributed by atoms with E-state index >= 15 is 0 Å². The molecule has 9 nitrogen and oxygen atoms in total. The Morgan fingerprint density at radius 2 is 1.33 bits per heavy atom. The van der Waals surface area contributed by atoms with E-state index in [9.17, 15) is 14.4 Å². The molecule has 0 radical (unpaired) electrons. The zero-order valence-electron chi connectivity index (χ0n) is 28.2. The summed E-state index contributed by atoms with van der Waals surface area (Å²) in [7, 11) is 0. The minimum atomic E-state index is -0.694. The Hall–Kier alpha value is -1.95. The molecule has 2 heterocycles. The lowest BCUT2D eigenvalue weighted by atomic mass is 10.0. The van der Waals surface area contributed by atoms with Crippen LogP contribution in [0.2, 0.25) is 0 Å². The van der Waals surface area contributed by atoms with E-state index in [0.29, 0.717) is 13.0 Å². The molecule has 1 N–H and O–H groups in total. The van der Waals surface area contributed by atoms with Crippen molar-refractivity contribution in [3.05, 3.63) is 30.1 Å². The van der Waals surface area contributed by atoms with E-state index in [4.69, 9.17) is 14.2 Å². The average molecular weight is 746 g/mol. The molecule has 1 aliphatic heterocycles. The molecule has 2 atom stereocenters. The average Bonchev–Trinajstić information content (AvgIpc) is 3.00. The molecule has 0 unspecified atom stereocenters. The van der Waals surface area contributed by atoms with Crippen LogP contribution >= 0.6 is 0 Å². The topological polar surface area (TPSA) is 98.0 Å². The Morgan fingerprint density at radius 1 is 0.822 bits per heavy atom. The van der Waals surface area contributed by atoms with E-state index in [1.807, 2.05) is 35.9 Å². The number of hydrogen-bond acceptors (Lipinski definition) is 6. The molecule has 0 bridgehead atoms. The Morgan fingerprint density at radius 3 is 1.84 bits per heavy atom. The fraction of sp³-hybridized carbons (Fsp3) is 0.771. The van der Waals surface area contributed by atoms with Gasteiger partial charge in [-0.1, -0.05) is 109 Å². The molecule has 1 fully saturated rings. The monoisotopic (exact) mass is 745 g/mol. The van der Waals surface area contributed by atoms with E-state index in [1.165, 1.54) is 96.8 Å². The number of halogens is 1. The number of carbonyl (C=O) groups is 3. The van der Waals surface area contributed by atoms with Crippen LogP contribution in [0.1, 0.15) is 136 Å². The number of aryl methyl sites for hydroxylation is 1. The smallest absolute Gasteiger partial charge is 0.417 e. The molecule has 10 heteroatoms. The van der Waals surface area contributed by atoms with Gasteiger partial charge in [-0.05, 0) is 13.3 Å². The number of hydrogen-bond donors (Lipinski definition) is 1. The highest BCUT2D eigenvalue weighted by atomic mass is 127. The van der Waals surface area contributed by atoms with Crippen LogP contribution in [-0.2, 0) is 32.1 Å². The quantitative estimate of drug-likeness (QED) is 0.0943. The van der Waals surface area contributed by atoms with Gasteiger partial charge in [0.2, 0.25) is 11.6 Å². The first kappa shape index (κ1) is 41.1. The maximum Gasteiger partial charge on any atom is 0.417 e. The third kappa shape index (κ3) is 18.7. The fourth-order valence-corrected chi connectivity index (χ4v) is 5.52. The highest BCUT2D eigenvalue weighted by molar-refractivity contribution is 5.90. The van der Waals surface area contributed by atoms with Crippen LogP contribution < -0.4 is 33.9 Å². The molecular weight excluding hydrogens is 685 g/mol. The summed E-state index contributed by atoms with van der Waals surface area (Å²) in [4.78, 5) is 37.7. The Balaban J connectivity index is 0.0000101. The number of pyridine rings is 1. The molecule has 2 rings (SSSR count). The van der Waals surface area contributed by atoms with Gasteiger partial charge in [0.1, 0.15) is 26.3 Å². The van der Waals surface area contributed by atoms with Gasteiger partial charge in [0.15, 0.2) is 6.20 Å². The molecule has 45 heavy (non-hydrogen) atoms. The molecule has 1 aromatic rings. The van der Waals surface area contributed by atoms with Gasteiger partial charge in [0.05, 0.1) is 12.2 Å². The molecule has 1 saturated heterocycles. The number of imide groups is 1. The van der Waals surface area contributed by atoms with Crippen molar-refractivity contribution in [1.29, 1.82) is 0 Å². The normalized spacial score (nSPS) is 15.4. The van der Waals surface area contributed by atoms with Crippen molar-refractivity contribution in [3.63, 3.8) is 0 Å². The van der Waals surface area contributed by atoms with Crippen LogP contribution in [-0.4, -0.2) is 55.0 Å². The van der Waals surface area contributed by atoms with Gasteiger partial charge < -0.3 is 43.5 Å². The molecule has 3 amide bonds. The zero-order valence-corrected chi connectivity index (χ0v) is 30.4. The van der Waals surface area contributed by atoms with Crippen molar-refractivity contribution in [3.8, 4) is 0 Å². The highest BCUT2D eigenvalue weighted by Gasteiger charge is 2.33. The Bertz CT molecular complexity index is 944. The maximum absolute atomic E-state index is 12.6. The summed E-state index contributed by atoms with van der Waals surface area (Å²) in [5, 5.41) is 2.81. The first-order valence-corrected chi connectivity index (χ1v) is 17.4. The second-order valence-electron chi connectivity index (χ2n) is 12.1. The lowest BCUT2D eigenvalue weighted by Gasteiger charge is -2.35. The number of nitrogens with zero attached hydrogens (tertiary/aromatic N) is 2. The lowest BCUT2D eigenvalue weighted by Crippen LogP contribution is -3.00. The summed E-state index contributed by atoms with van der Waals surface area (Å²) in [6, 6.07) is 5.66. The number of nitrogens with one attached hydrogen (secondary N) is 1. The lowest BCUT2D eigenvalue weighted by molar-refractivity contribution is -0.701. The number of unbranched alkanes of at least 4 members (excludes halogenated alkanes) is 15. The van der Waals surface area contributed by atoms with E-state index in [2.05, 4.69) is 12.2 Å².